The van der Waals surface area contributed by atoms with Gasteiger partial charge in [0.05, 0.1) is 10.6 Å². The molecular formula is C32H31BrClN3O4S. The number of anilines is 1. The summed E-state index contributed by atoms with van der Waals surface area (Å²) in [5.74, 6) is -0.892. The minimum atomic E-state index is -4.17. The second-order valence-corrected chi connectivity index (χ2v) is 13.0. The summed E-state index contributed by atoms with van der Waals surface area (Å²) < 4.78 is 29.9. The van der Waals surface area contributed by atoms with Crippen molar-refractivity contribution in [1.82, 2.24) is 10.2 Å². The Balaban J connectivity index is 1.77. The lowest BCUT2D eigenvalue weighted by molar-refractivity contribution is -0.139. The topological polar surface area (TPSA) is 86.8 Å². The van der Waals surface area contributed by atoms with Crippen LogP contribution >= 0.6 is 27.5 Å². The predicted octanol–water partition coefficient (Wildman–Crippen LogP) is 5.99. The van der Waals surface area contributed by atoms with Crippen molar-refractivity contribution in [2.75, 3.05) is 17.9 Å². The van der Waals surface area contributed by atoms with Gasteiger partial charge in [-0.15, -0.1) is 0 Å². The average Bonchev–Trinajstić information content (AvgIpc) is 2.99. The Labute approximate surface area is 260 Å². The first-order chi connectivity index (χ1) is 20.1. The monoisotopic (exact) mass is 667 g/mol. The molecule has 0 aliphatic rings. The Bertz CT molecular complexity index is 1620. The molecule has 0 fully saturated rings. The minimum absolute atomic E-state index is 0.0439. The van der Waals surface area contributed by atoms with E-state index in [4.69, 9.17) is 11.6 Å². The number of sulfonamides is 1. The van der Waals surface area contributed by atoms with Gasteiger partial charge in [0.1, 0.15) is 12.6 Å². The fourth-order valence-corrected chi connectivity index (χ4v) is 6.29. The molecule has 0 saturated carbocycles. The molecule has 4 aromatic rings. The maximum Gasteiger partial charge on any atom is 0.264 e. The maximum atomic E-state index is 14.3. The summed E-state index contributed by atoms with van der Waals surface area (Å²) >= 11 is 9.53. The number of benzene rings is 4. The standard InChI is InChI=1S/C32H31BrClN3O4S/c1-23-8-18-29(19-9-23)42(40,41)37(28-16-14-27(34)15-17-28)22-31(38)36(21-25-10-12-26(33)13-11-25)30(32(39)35-2)20-24-6-4-3-5-7-24/h3-19,30H,20-22H2,1-2H3,(H,35,39). The Morgan fingerprint density at radius 1 is 0.857 bits per heavy atom. The lowest BCUT2D eigenvalue weighted by Gasteiger charge is -2.33. The van der Waals surface area contributed by atoms with E-state index in [9.17, 15) is 18.0 Å². The lowest BCUT2D eigenvalue weighted by Crippen LogP contribution is -2.53. The van der Waals surface area contributed by atoms with E-state index in [1.54, 1.807) is 36.4 Å². The highest BCUT2D eigenvalue weighted by Gasteiger charge is 2.34. The smallest absolute Gasteiger partial charge is 0.264 e. The molecule has 2 amide bonds. The van der Waals surface area contributed by atoms with Crippen LogP contribution < -0.4 is 9.62 Å². The lowest BCUT2D eigenvalue weighted by atomic mass is 10.0. The first kappa shape index (κ1) is 31.3. The number of aryl methyl sites for hydroxylation is 1. The molecule has 0 saturated heterocycles. The molecular weight excluding hydrogens is 638 g/mol. The molecule has 4 aromatic carbocycles. The number of carbonyl (C=O) groups is 2. The van der Waals surface area contributed by atoms with Gasteiger partial charge < -0.3 is 10.2 Å². The van der Waals surface area contributed by atoms with Crippen molar-refractivity contribution >= 4 is 55.1 Å². The van der Waals surface area contributed by atoms with Crippen molar-refractivity contribution in [3.05, 3.63) is 129 Å². The van der Waals surface area contributed by atoms with Crippen LogP contribution in [0.15, 0.2) is 112 Å². The third kappa shape index (κ3) is 7.79. The fraction of sp³-hybridized carbons (Fsp3) is 0.188. The molecule has 1 N–H and O–H groups in total. The van der Waals surface area contributed by atoms with E-state index < -0.39 is 28.5 Å². The van der Waals surface area contributed by atoms with Crippen LogP contribution in [0.1, 0.15) is 16.7 Å². The maximum absolute atomic E-state index is 14.3. The molecule has 1 unspecified atom stereocenters. The van der Waals surface area contributed by atoms with Crippen molar-refractivity contribution in [2.24, 2.45) is 0 Å². The summed E-state index contributed by atoms with van der Waals surface area (Å²) in [4.78, 5) is 29.0. The number of rotatable bonds is 11. The number of likely N-dealkylation sites (N-methyl/N-ethyl adjacent to an activating group) is 1. The molecule has 0 spiro atoms. The Hall–Kier alpha value is -3.66. The number of hydrogen-bond acceptors (Lipinski definition) is 4. The highest BCUT2D eigenvalue weighted by atomic mass is 79.9. The van der Waals surface area contributed by atoms with Gasteiger partial charge in [-0.25, -0.2) is 8.42 Å². The molecule has 4 rings (SSSR count). The normalized spacial score (nSPS) is 11.9. The summed E-state index contributed by atoms with van der Waals surface area (Å²) in [5.41, 5.74) is 2.82. The van der Waals surface area contributed by atoms with Gasteiger partial charge in [0.15, 0.2) is 0 Å². The van der Waals surface area contributed by atoms with Crippen LogP contribution in [0.4, 0.5) is 5.69 Å². The van der Waals surface area contributed by atoms with Crippen molar-refractivity contribution < 1.29 is 18.0 Å². The van der Waals surface area contributed by atoms with Crippen LogP contribution in [0.5, 0.6) is 0 Å². The molecule has 0 heterocycles. The zero-order chi connectivity index (χ0) is 30.3. The van der Waals surface area contributed by atoms with Gasteiger partial charge in [-0.05, 0) is 66.6 Å². The van der Waals surface area contributed by atoms with Crippen molar-refractivity contribution in [3.8, 4) is 0 Å². The minimum Gasteiger partial charge on any atom is -0.357 e. The molecule has 218 valence electrons. The van der Waals surface area contributed by atoms with Gasteiger partial charge in [-0.1, -0.05) is 87.7 Å². The van der Waals surface area contributed by atoms with E-state index in [1.807, 2.05) is 61.5 Å². The van der Waals surface area contributed by atoms with Gasteiger partial charge in [-0.2, -0.15) is 0 Å². The highest BCUT2D eigenvalue weighted by Crippen LogP contribution is 2.27. The van der Waals surface area contributed by atoms with Crippen LogP contribution in [0, 0.1) is 6.92 Å². The summed E-state index contributed by atoms with van der Waals surface area (Å²) in [5, 5.41) is 3.11. The zero-order valence-electron chi connectivity index (χ0n) is 23.2. The summed E-state index contributed by atoms with van der Waals surface area (Å²) in [7, 11) is -2.65. The third-order valence-corrected chi connectivity index (χ3v) is 9.35. The van der Waals surface area contributed by atoms with E-state index in [-0.39, 0.29) is 29.5 Å². The van der Waals surface area contributed by atoms with E-state index in [2.05, 4.69) is 21.2 Å². The first-order valence-corrected chi connectivity index (χ1v) is 15.8. The van der Waals surface area contributed by atoms with Crippen molar-refractivity contribution in [3.63, 3.8) is 0 Å². The van der Waals surface area contributed by atoms with E-state index in [0.717, 1.165) is 25.5 Å². The van der Waals surface area contributed by atoms with Gasteiger partial charge >= 0.3 is 0 Å². The number of hydrogen-bond donors (Lipinski definition) is 1. The quantitative estimate of drug-likeness (QED) is 0.213. The molecule has 0 bridgehead atoms. The zero-order valence-corrected chi connectivity index (χ0v) is 26.4. The highest BCUT2D eigenvalue weighted by molar-refractivity contribution is 9.10. The molecule has 7 nitrogen and oxygen atoms in total. The van der Waals surface area contributed by atoms with Crippen molar-refractivity contribution in [2.45, 2.75) is 30.8 Å². The van der Waals surface area contributed by atoms with Crippen LogP contribution in [-0.4, -0.2) is 44.8 Å². The van der Waals surface area contributed by atoms with Crippen molar-refractivity contribution in [1.29, 1.82) is 0 Å². The SMILES string of the molecule is CNC(=O)C(Cc1ccccc1)N(Cc1ccc(Br)cc1)C(=O)CN(c1ccc(Cl)cc1)S(=O)(=O)c1ccc(C)cc1. The molecule has 1 atom stereocenters. The molecule has 42 heavy (non-hydrogen) atoms. The van der Waals surface area contributed by atoms with Gasteiger partial charge in [0.2, 0.25) is 11.8 Å². The molecule has 10 heteroatoms. The molecule has 0 aliphatic carbocycles. The number of nitrogens with one attached hydrogen (secondary N) is 1. The molecule has 0 radical (unpaired) electrons. The van der Waals surface area contributed by atoms with E-state index >= 15 is 0 Å². The summed E-state index contributed by atoms with van der Waals surface area (Å²) in [6, 6.07) is 28.6. The summed E-state index contributed by atoms with van der Waals surface area (Å²) in [6.45, 7) is 1.43. The van der Waals surface area contributed by atoms with Gasteiger partial charge in [0, 0.05) is 29.5 Å². The first-order valence-electron chi connectivity index (χ1n) is 13.2. The van der Waals surface area contributed by atoms with Crippen LogP contribution in [0.3, 0.4) is 0 Å². The Kier molecular flexibility index (Phi) is 10.4. The van der Waals surface area contributed by atoms with Crippen LogP contribution in [0.2, 0.25) is 5.02 Å². The van der Waals surface area contributed by atoms with E-state index in [0.29, 0.717) is 5.02 Å². The Morgan fingerprint density at radius 2 is 1.48 bits per heavy atom. The van der Waals surface area contributed by atoms with E-state index in [1.165, 1.54) is 24.1 Å². The number of nitrogens with zero attached hydrogens (tertiary/aromatic N) is 2. The third-order valence-electron chi connectivity index (χ3n) is 6.79. The largest absolute Gasteiger partial charge is 0.357 e. The second-order valence-electron chi connectivity index (χ2n) is 9.77. The van der Waals surface area contributed by atoms with Crippen LogP contribution in [-0.2, 0) is 32.6 Å². The second kappa shape index (κ2) is 14.0. The molecule has 0 aliphatic heterocycles. The molecule has 0 aromatic heterocycles. The van der Waals surface area contributed by atoms with Crippen LogP contribution in [0.25, 0.3) is 0 Å². The number of carbonyl (C=O) groups excluding carboxylic acids is 2. The number of amides is 2. The fourth-order valence-electron chi connectivity index (χ4n) is 4.48. The van der Waals surface area contributed by atoms with Gasteiger partial charge in [0.25, 0.3) is 10.0 Å². The number of halogens is 2. The predicted molar refractivity (Wildman–Crippen MR) is 170 cm³/mol. The summed E-state index contributed by atoms with van der Waals surface area (Å²) in [6.07, 6.45) is 0.244. The van der Waals surface area contributed by atoms with Gasteiger partial charge in [-0.3, -0.25) is 13.9 Å². The Morgan fingerprint density at radius 3 is 2.07 bits per heavy atom. The average molecular weight is 669 g/mol.